The van der Waals surface area contributed by atoms with Crippen LogP contribution in [0.3, 0.4) is 0 Å². The van der Waals surface area contributed by atoms with Gasteiger partial charge in [-0.15, -0.1) is 11.3 Å². The lowest BCUT2D eigenvalue weighted by molar-refractivity contribution is 0.579. The van der Waals surface area contributed by atoms with Crippen LogP contribution in [0.15, 0.2) is 15.9 Å². The third-order valence-electron chi connectivity index (χ3n) is 2.38. The molecule has 3 heterocycles. The predicted octanol–water partition coefficient (Wildman–Crippen LogP) is 2.01. The minimum atomic E-state index is 0.322. The highest BCUT2D eigenvalue weighted by atomic mass is 32.1. The van der Waals surface area contributed by atoms with Crippen molar-refractivity contribution in [3.8, 4) is 0 Å². The molecular weight excluding hydrogens is 198 g/mol. The molecule has 4 nitrogen and oxygen atoms in total. The number of hydrogen-bond donors (Lipinski definition) is 2. The summed E-state index contributed by atoms with van der Waals surface area (Å²) >= 11 is 1.60. The molecule has 14 heavy (non-hydrogen) atoms. The summed E-state index contributed by atoms with van der Waals surface area (Å²) < 4.78 is 5.52. The molecule has 0 radical (unpaired) electrons. The zero-order valence-electron chi connectivity index (χ0n) is 7.62. The Hall–Kier alpha value is -1.07. The third-order valence-corrected chi connectivity index (χ3v) is 3.17. The second kappa shape index (κ2) is 3.25. The fourth-order valence-electron chi connectivity index (χ4n) is 1.69. The quantitative estimate of drug-likeness (QED) is 0.794. The standard InChI is InChI=1S/C9H11N3OS/c1-2-7(10-4-1)11-9-12-8-6(13-9)3-5-14-8/h3,5,7,10H,1-2,4H2,(H,11,12). The molecule has 0 aromatic carbocycles. The zero-order chi connectivity index (χ0) is 9.38. The van der Waals surface area contributed by atoms with Gasteiger partial charge in [-0.25, -0.2) is 0 Å². The second-order valence-corrected chi connectivity index (χ2v) is 4.30. The van der Waals surface area contributed by atoms with Crippen molar-refractivity contribution < 1.29 is 4.42 Å². The monoisotopic (exact) mass is 209 g/mol. The molecule has 2 N–H and O–H groups in total. The Labute approximate surface area is 85.3 Å². The van der Waals surface area contributed by atoms with E-state index >= 15 is 0 Å². The first-order chi connectivity index (χ1) is 6.92. The van der Waals surface area contributed by atoms with Gasteiger partial charge in [-0.3, -0.25) is 5.32 Å². The summed E-state index contributed by atoms with van der Waals surface area (Å²) in [5.74, 6) is 0. The van der Waals surface area contributed by atoms with Gasteiger partial charge in [-0.05, 0) is 30.8 Å². The van der Waals surface area contributed by atoms with Crippen molar-refractivity contribution in [2.24, 2.45) is 0 Å². The van der Waals surface area contributed by atoms with Crippen LogP contribution in [0.1, 0.15) is 12.8 Å². The lowest BCUT2D eigenvalue weighted by Crippen LogP contribution is -2.29. The summed E-state index contributed by atoms with van der Waals surface area (Å²) in [5.41, 5.74) is 0.871. The summed E-state index contributed by atoms with van der Waals surface area (Å²) in [7, 11) is 0. The van der Waals surface area contributed by atoms with Crippen molar-refractivity contribution in [2.75, 3.05) is 11.9 Å². The fourth-order valence-corrected chi connectivity index (χ4v) is 2.37. The summed E-state index contributed by atoms with van der Waals surface area (Å²) in [6.07, 6.45) is 2.67. The molecule has 1 aliphatic heterocycles. The van der Waals surface area contributed by atoms with Gasteiger partial charge in [0, 0.05) is 0 Å². The van der Waals surface area contributed by atoms with Crippen LogP contribution >= 0.6 is 11.3 Å². The Morgan fingerprint density at radius 1 is 1.64 bits per heavy atom. The maximum atomic E-state index is 5.52. The van der Waals surface area contributed by atoms with E-state index < -0.39 is 0 Å². The Balaban J connectivity index is 1.80. The van der Waals surface area contributed by atoms with Crippen LogP contribution < -0.4 is 10.6 Å². The van der Waals surface area contributed by atoms with Crippen LogP contribution in [0.4, 0.5) is 6.01 Å². The van der Waals surface area contributed by atoms with Gasteiger partial charge in [0.15, 0.2) is 10.4 Å². The van der Waals surface area contributed by atoms with Gasteiger partial charge in [0.25, 0.3) is 6.01 Å². The molecule has 3 rings (SSSR count). The number of hydrogen-bond acceptors (Lipinski definition) is 5. The Morgan fingerprint density at radius 3 is 3.43 bits per heavy atom. The highest BCUT2D eigenvalue weighted by Crippen LogP contribution is 2.24. The van der Waals surface area contributed by atoms with Crippen molar-refractivity contribution in [3.63, 3.8) is 0 Å². The molecule has 1 aliphatic rings. The molecule has 74 valence electrons. The average molecular weight is 209 g/mol. The topological polar surface area (TPSA) is 50.1 Å². The minimum absolute atomic E-state index is 0.322. The maximum Gasteiger partial charge on any atom is 0.297 e. The van der Waals surface area contributed by atoms with E-state index in [4.69, 9.17) is 4.42 Å². The molecule has 5 heteroatoms. The molecule has 0 aliphatic carbocycles. The number of nitrogens with zero attached hydrogens (tertiary/aromatic N) is 1. The van der Waals surface area contributed by atoms with Crippen molar-refractivity contribution in [3.05, 3.63) is 11.4 Å². The first kappa shape index (κ1) is 8.26. The van der Waals surface area contributed by atoms with E-state index in [0.29, 0.717) is 12.2 Å². The van der Waals surface area contributed by atoms with E-state index in [-0.39, 0.29) is 0 Å². The number of oxazole rings is 1. The summed E-state index contributed by atoms with van der Waals surface area (Å²) in [4.78, 5) is 5.30. The van der Waals surface area contributed by atoms with Crippen molar-refractivity contribution in [2.45, 2.75) is 19.0 Å². The molecule has 1 saturated heterocycles. The minimum Gasteiger partial charge on any atom is -0.423 e. The second-order valence-electron chi connectivity index (χ2n) is 3.40. The molecule has 1 unspecified atom stereocenters. The first-order valence-corrected chi connectivity index (χ1v) is 5.64. The largest absolute Gasteiger partial charge is 0.423 e. The van der Waals surface area contributed by atoms with Crippen LogP contribution in [0, 0.1) is 0 Å². The molecule has 0 bridgehead atoms. The van der Waals surface area contributed by atoms with E-state index in [9.17, 15) is 0 Å². The summed E-state index contributed by atoms with van der Waals surface area (Å²) in [6, 6.07) is 2.58. The smallest absolute Gasteiger partial charge is 0.297 e. The van der Waals surface area contributed by atoms with Gasteiger partial charge in [0.05, 0.1) is 6.17 Å². The van der Waals surface area contributed by atoms with E-state index in [1.54, 1.807) is 11.3 Å². The lowest BCUT2D eigenvalue weighted by Gasteiger charge is -2.09. The van der Waals surface area contributed by atoms with Gasteiger partial charge in [0.2, 0.25) is 0 Å². The highest BCUT2D eigenvalue weighted by Gasteiger charge is 2.16. The van der Waals surface area contributed by atoms with Crippen LogP contribution in [0.5, 0.6) is 0 Å². The van der Waals surface area contributed by atoms with Crippen molar-refractivity contribution in [1.82, 2.24) is 10.3 Å². The van der Waals surface area contributed by atoms with E-state index in [1.807, 2.05) is 11.4 Å². The van der Waals surface area contributed by atoms with Crippen LogP contribution in [0.2, 0.25) is 0 Å². The van der Waals surface area contributed by atoms with Crippen LogP contribution in [-0.2, 0) is 0 Å². The lowest BCUT2D eigenvalue weighted by atomic mass is 10.3. The van der Waals surface area contributed by atoms with Crippen LogP contribution in [0.25, 0.3) is 10.4 Å². The van der Waals surface area contributed by atoms with E-state index in [2.05, 4.69) is 15.6 Å². The van der Waals surface area contributed by atoms with Crippen molar-refractivity contribution >= 4 is 27.8 Å². The molecule has 0 saturated carbocycles. The molecule has 0 spiro atoms. The highest BCUT2D eigenvalue weighted by molar-refractivity contribution is 7.16. The fraction of sp³-hybridized carbons (Fsp3) is 0.444. The SMILES string of the molecule is c1cc2oc(NC3CCCN3)nc2s1. The average Bonchev–Trinajstić information content (AvgIpc) is 2.78. The Bertz CT molecular complexity index is 401. The van der Waals surface area contributed by atoms with E-state index in [1.165, 1.54) is 6.42 Å². The normalized spacial score (nSPS) is 21.9. The van der Waals surface area contributed by atoms with Crippen LogP contribution in [-0.4, -0.2) is 17.7 Å². The number of fused-ring (bicyclic) bond motifs is 1. The number of anilines is 1. The zero-order valence-corrected chi connectivity index (χ0v) is 8.43. The number of nitrogens with one attached hydrogen (secondary N) is 2. The maximum absolute atomic E-state index is 5.52. The predicted molar refractivity (Wildman–Crippen MR) is 56.5 cm³/mol. The van der Waals surface area contributed by atoms with Gasteiger partial charge >= 0.3 is 0 Å². The Kier molecular flexibility index (Phi) is 1.92. The van der Waals surface area contributed by atoms with Gasteiger partial charge in [-0.2, -0.15) is 4.98 Å². The third kappa shape index (κ3) is 1.38. The van der Waals surface area contributed by atoms with Gasteiger partial charge in [0.1, 0.15) is 0 Å². The number of aromatic nitrogens is 1. The summed E-state index contributed by atoms with van der Waals surface area (Å²) in [5, 5.41) is 8.55. The molecule has 2 aromatic rings. The Morgan fingerprint density at radius 2 is 2.64 bits per heavy atom. The van der Waals surface area contributed by atoms with E-state index in [0.717, 1.165) is 23.4 Å². The summed E-state index contributed by atoms with van der Waals surface area (Å²) in [6.45, 7) is 1.08. The molecular formula is C9H11N3OS. The van der Waals surface area contributed by atoms with Crippen molar-refractivity contribution in [1.29, 1.82) is 0 Å². The number of thiophene rings is 1. The number of rotatable bonds is 2. The van der Waals surface area contributed by atoms with Gasteiger partial charge < -0.3 is 9.73 Å². The first-order valence-electron chi connectivity index (χ1n) is 4.76. The molecule has 2 aromatic heterocycles. The molecule has 0 amide bonds. The van der Waals surface area contributed by atoms with Gasteiger partial charge in [-0.1, -0.05) is 0 Å². The molecule has 1 atom stereocenters. The molecule has 1 fully saturated rings.